The smallest absolute Gasteiger partial charge is 0.320 e. The first-order chi connectivity index (χ1) is 11.3. The Balaban J connectivity index is 1.35. The van der Waals surface area contributed by atoms with Crippen LogP contribution in [0.5, 0.6) is 0 Å². The molecule has 0 atom stereocenters. The molecule has 2 saturated heterocycles. The van der Waals surface area contributed by atoms with Gasteiger partial charge in [0.05, 0.1) is 6.54 Å². The van der Waals surface area contributed by atoms with Crippen molar-refractivity contribution in [1.82, 2.24) is 9.80 Å². The number of esters is 1. The Morgan fingerprint density at radius 3 is 2.39 bits per heavy atom. The molecule has 0 radical (unpaired) electrons. The molecule has 4 nitrogen and oxygen atoms in total. The number of nitrogens with zero attached hydrogens (tertiary/aromatic N) is 2. The molecule has 0 spiro atoms. The van der Waals surface area contributed by atoms with Crippen LogP contribution >= 0.6 is 0 Å². The summed E-state index contributed by atoms with van der Waals surface area (Å²) in [6.07, 6.45) is 6.47. The molecule has 0 aromatic heterocycles. The Labute approximate surface area is 139 Å². The van der Waals surface area contributed by atoms with Gasteiger partial charge in [-0.3, -0.25) is 9.69 Å². The van der Waals surface area contributed by atoms with E-state index in [1.165, 1.54) is 45.2 Å². The van der Waals surface area contributed by atoms with Crippen molar-refractivity contribution in [3.63, 3.8) is 0 Å². The SMILES string of the molecule is O=C(CN1CCC(N2CCCCC2)CC1)OCc1ccccc1. The lowest BCUT2D eigenvalue weighted by molar-refractivity contribution is -0.146. The van der Waals surface area contributed by atoms with Gasteiger partial charge >= 0.3 is 5.97 Å². The van der Waals surface area contributed by atoms with Crippen LogP contribution in [0.2, 0.25) is 0 Å². The highest BCUT2D eigenvalue weighted by molar-refractivity contribution is 5.71. The third-order valence-corrected chi connectivity index (χ3v) is 5.06. The number of piperidine rings is 2. The maximum absolute atomic E-state index is 12.0. The van der Waals surface area contributed by atoms with E-state index in [-0.39, 0.29) is 5.97 Å². The molecule has 2 aliphatic heterocycles. The average molecular weight is 316 g/mol. The van der Waals surface area contributed by atoms with Crippen LogP contribution in [0.15, 0.2) is 30.3 Å². The molecule has 2 aliphatic rings. The van der Waals surface area contributed by atoms with E-state index in [4.69, 9.17) is 4.74 Å². The van der Waals surface area contributed by atoms with Crippen LogP contribution < -0.4 is 0 Å². The van der Waals surface area contributed by atoms with Crippen molar-refractivity contribution < 1.29 is 9.53 Å². The number of rotatable bonds is 5. The van der Waals surface area contributed by atoms with Gasteiger partial charge in [0, 0.05) is 19.1 Å². The predicted molar refractivity (Wildman–Crippen MR) is 91.1 cm³/mol. The fourth-order valence-corrected chi connectivity index (χ4v) is 3.69. The largest absolute Gasteiger partial charge is 0.460 e. The third-order valence-electron chi connectivity index (χ3n) is 5.06. The molecule has 126 valence electrons. The predicted octanol–water partition coefficient (Wildman–Crippen LogP) is 2.68. The summed E-state index contributed by atoms with van der Waals surface area (Å²) >= 11 is 0. The van der Waals surface area contributed by atoms with Gasteiger partial charge in [-0.15, -0.1) is 0 Å². The molecule has 1 aromatic carbocycles. The van der Waals surface area contributed by atoms with Crippen molar-refractivity contribution in [2.24, 2.45) is 0 Å². The van der Waals surface area contributed by atoms with Gasteiger partial charge in [0.1, 0.15) is 6.61 Å². The molecule has 0 N–H and O–H groups in total. The summed E-state index contributed by atoms with van der Waals surface area (Å²) in [5.41, 5.74) is 1.05. The molecule has 2 fully saturated rings. The maximum Gasteiger partial charge on any atom is 0.320 e. The second kappa shape index (κ2) is 8.46. The maximum atomic E-state index is 12.0. The Hall–Kier alpha value is -1.39. The summed E-state index contributed by atoms with van der Waals surface area (Å²) in [6, 6.07) is 10.6. The van der Waals surface area contributed by atoms with E-state index in [1.807, 2.05) is 30.3 Å². The van der Waals surface area contributed by atoms with Crippen LogP contribution in [0.4, 0.5) is 0 Å². The van der Waals surface area contributed by atoms with Crippen LogP contribution in [-0.4, -0.2) is 54.5 Å². The first kappa shape index (κ1) is 16.5. The highest BCUT2D eigenvalue weighted by atomic mass is 16.5. The van der Waals surface area contributed by atoms with E-state index in [1.54, 1.807) is 0 Å². The highest BCUT2D eigenvalue weighted by Crippen LogP contribution is 2.20. The zero-order valence-electron chi connectivity index (χ0n) is 14.0. The Bertz CT molecular complexity index is 477. The number of hydrogen-bond acceptors (Lipinski definition) is 4. The Morgan fingerprint density at radius 2 is 1.70 bits per heavy atom. The van der Waals surface area contributed by atoms with E-state index < -0.39 is 0 Å². The number of ether oxygens (including phenoxy) is 1. The standard InChI is InChI=1S/C19H28N2O2/c22-19(23-16-17-7-3-1-4-8-17)15-20-13-9-18(10-14-20)21-11-5-2-6-12-21/h1,3-4,7-8,18H,2,5-6,9-16H2. The topological polar surface area (TPSA) is 32.8 Å². The van der Waals surface area contributed by atoms with Gasteiger partial charge in [-0.1, -0.05) is 36.8 Å². The molecule has 4 heteroatoms. The van der Waals surface area contributed by atoms with E-state index in [2.05, 4.69) is 9.80 Å². The van der Waals surface area contributed by atoms with Crippen molar-refractivity contribution >= 4 is 5.97 Å². The quantitative estimate of drug-likeness (QED) is 0.782. The first-order valence-corrected chi connectivity index (χ1v) is 8.97. The summed E-state index contributed by atoms with van der Waals surface area (Å²) in [6.45, 7) is 5.38. The van der Waals surface area contributed by atoms with Gasteiger partial charge in [0.2, 0.25) is 0 Å². The van der Waals surface area contributed by atoms with Crippen LogP contribution in [0.25, 0.3) is 0 Å². The minimum absolute atomic E-state index is 0.106. The molecule has 0 saturated carbocycles. The summed E-state index contributed by atoms with van der Waals surface area (Å²) in [4.78, 5) is 16.9. The van der Waals surface area contributed by atoms with E-state index in [0.29, 0.717) is 13.2 Å². The lowest BCUT2D eigenvalue weighted by Crippen LogP contribution is -2.47. The fourth-order valence-electron chi connectivity index (χ4n) is 3.69. The number of likely N-dealkylation sites (tertiary alicyclic amines) is 2. The first-order valence-electron chi connectivity index (χ1n) is 8.97. The zero-order chi connectivity index (χ0) is 15.9. The van der Waals surface area contributed by atoms with E-state index >= 15 is 0 Å². The molecule has 1 aromatic rings. The molecule has 3 rings (SSSR count). The molecule has 23 heavy (non-hydrogen) atoms. The zero-order valence-corrected chi connectivity index (χ0v) is 14.0. The Morgan fingerprint density at radius 1 is 1.00 bits per heavy atom. The van der Waals surface area contributed by atoms with Gasteiger partial charge in [-0.2, -0.15) is 0 Å². The normalized spacial score (nSPS) is 21.2. The minimum atomic E-state index is -0.106. The third kappa shape index (κ3) is 5.05. The molecule has 2 heterocycles. The van der Waals surface area contributed by atoms with Crippen LogP contribution in [0.1, 0.15) is 37.7 Å². The molecule has 0 unspecified atom stereocenters. The van der Waals surface area contributed by atoms with E-state index in [9.17, 15) is 4.79 Å². The summed E-state index contributed by atoms with van der Waals surface area (Å²) < 4.78 is 5.38. The van der Waals surface area contributed by atoms with Gasteiger partial charge in [0.25, 0.3) is 0 Å². The van der Waals surface area contributed by atoms with Crippen molar-refractivity contribution in [2.75, 3.05) is 32.7 Å². The molecular formula is C19H28N2O2. The van der Waals surface area contributed by atoms with Crippen molar-refractivity contribution in [1.29, 1.82) is 0 Å². The average Bonchev–Trinajstić information content (AvgIpc) is 2.62. The minimum Gasteiger partial charge on any atom is -0.460 e. The van der Waals surface area contributed by atoms with Crippen LogP contribution in [-0.2, 0) is 16.1 Å². The van der Waals surface area contributed by atoms with Gasteiger partial charge < -0.3 is 9.64 Å². The van der Waals surface area contributed by atoms with Gasteiger partial charge in [-0.25, -0.2) is 0 Å². The summed E-state index contributed by atoms with van der Waals surface area (Å²) in [5, 5.41) is 0. The summed E-state index contributed by atoms with van der Waals surface area (Å²) in [5.74, 6) is -0.106. The lowest BCUT2D eigenvalue weighted by Gasteiger charge is -2.39. The fraction of sp³-hybridized carbons (Fsp3) is 0.632. The van der Waals surface area contributed by atoms with E-state index in [0.717, 1.165) is 24.7 Å². The Kier molecular flexibility index (Phi) is 6.06. The molecule has 0 bridgehead atoms. The highest BCUT2D eigenvalue weighted by Gasteiger charge is 2.26. The van der Waals surface area contributed by atoms with Crippen molar-refractivity contribution in [3.05, 3.63) is 35.9 Å². The number of benzene rings is 1. The number of hydrogen-bond donors (Lipinski definition) is 0. The van der Waals surface area contributed by atoms with Crippen molar-refractivity contribution in [2.45, 2.75) is 44.8 Å². The summed E-state index contributed by atoms with van der Waals surface area (Å²) in [7, 11) is 0. The molecule has 0 amide bonds. The second-order valence-electron chi connectivity index (χ2n) is 6.75. The van der Waals surface area contributed by atoms with Crippen LogP contribution in [0.3, 0.4) is 0 Å². The van der Waals surface area contributed by atoms with Gasteiger partial charge in [-0.05, 0) is 44.3 Å². The van der Waals surface area contributed by atoms with Crippen molar-refractivity contribution in [3.8, 4) is 0 Å². The molecular weight excluding hydrogens is 288 g/mol. The monoisotopic (exact) mass is 316 g/mol. The lowest BCUT2D eigenvalue weighted by atomic mass is 10.00. The second-order valence-corrected chi connectivity index (χ2v) is 6.75. The molecule has 0 aliphatic carbocycles. The van der Waals surface area contributed by atoms with Crippen LogP contribution in [0, 0.1) is 0 Å². The van der Waals surface area contributed by atoms with Gasteiger partial charge in [0.15, 0.2) is 0 Å². The number of carbonyl (C=O) groups is 1. The number of carbonyl (C=O) groups excluding carboxylic acids is 1.